The Labute approximate surface area is 182 Å². The van der Waals surface area contributed by atoms with Gasteiger partial charge >= 0.3 is 12.5 Å². The van der Waals surface area contributed by atoms with E-state index in [0.29, 0.717) is 0 Å². The molecule has 5 nitrogen and oxygen atoms in total. The van der Waals surface area contributed by atoms with E-state index < -0.39 is 59.3 Å². The van der Waals surface area contributed by atoms with Gasteiger partial charge in [0.15, 0.2) is 17.2 Å². The van der Waals surface area contributed by atoms with Crippen LogP contribution < -0.4 is 10.1 Å². The summed E-state index contributed by atoms with van der Waals surface area (Å²) in [4.78, 5) is 12.2. The fourth-order valence-corrected chi connectivity index (χ4v) is 2.10. The number of nitrogens with one attached hydrogen (secondary N) is 1. The van der Waals surface area contributed by atoms with Crippen LogP contribution in [0.1, 0.15) is 19.4 Å². The van der Waals surface area contributed by atoms with Gasteiger partial charge in [0.05, 0.1) is 6.07 Å². The van der Waals surface area contributed by atoms with Crippen LogP contribution in [0.3, 0.4) is 0 Å². The number of carbonyl (C=O) groups is 1. The zero-order valence-corrected chi connectivity index (χ0v) is 17.0. The Kier molecular flexibility index (Phi) is 8.63. The largest absolute Gasteiger partial charge is 0.573 e. The van der Waals surface area contributed by atoms with E-state index in [-0.39, 0.29) is 17.7 Å². The number of rotatable bonds is 8. The normalized spacial score (nSPS) is 14.7. The van der Waals surface area contributed by atoms with Crippen molar-refractivity contribution in [2.75, 3.05) is 6.61 Å². The summed E-state index contributed by atoms with van der Waals surface area (Å²) in [5.41, 5.74) is -3.82. The molecule has 1 amide bonds. The van der Waals surface area contributed by atoms with Gasteiger partial charge in [-0.2, -0.15) is 18.4 Å². The second-order valence-electron chi connectivity index (χ2n) is 6.62. The first-order chi connectivity index (χ1) is 15.0. The summed E-state index contributed by atoms with van der Waals surface area (Å²) in [7, 11) is 0. The molecule has 1 aromatic rings. The Balaban J connectivity index is 3.04. The number of halogens is 8. The van der Waals surface area contributed by atoms with E-state index in [9.17, 15) is 45.2 Å². The molecule has 1 aromatic carbocycles. The number of benzene rings is 1. The molecule has 0 aliphatic carbocycles. The van der Waals surface area contributed by atoms with E-state index in [4.69, 9.17) is 4.74 Å². The zero-order chi connectivity index (χ0) is 25.6. The molecule has 0 radical (unpaired) electrons. The third-order valence-electron chi connectivity index (χ3n) is 3.77. The van der Waals surface area contributed by atoms with Crippen LogP contribution in [0.5, 0.6) is 5.75 Å². The number of ether oxygens (including phenoxy) is 2. The highest BCUT2D eigenvalue weighted by atomic mass is 19.4. The van der Waals surface area contributed by atoms with Crippen molar-refractivity contribution in [3.63, 3.8) is 0 Å². The molecule has 0 saturated carbocycles. The van der Waals surface area contributed by atoms with Crippen molar-refractivity contribution in [3.8, 4) is 11.8 Å². The molecule has 0 saturated heterocycles. The van der Waals surface area contributed by atoms with Gasteiger partial charge in [-0.3, -0.25) is 4.79 Å². The quantitative estimate of drug-likeness (QED) is 0.235. The molecule has 0 aromatic heterocycles. The van der Waals surface area contributed by atoms with Crippen LogP contribution in [0, 0.1) is 23.0 Å². The topological polar surface area (TPSA) is 71.4 Å². The molecule has 180 valence electrons. The SMILES string of the molecule is C=C/C(=C\C=C(/C)C(=O)NC(C)(C#N)COc1cc(F)c(F)cc1C(F)(F)F)OC(F)(F)F. The number of alkyl halides is 6. The Morgan fingerprint density at radius 3 is 2.21 bits per heavy atom. The van der Waals surface area contributed by atoms with Crippen molar-refractivity contribution in [1.29, 1.82) is 5.26 Å². The van der Waals surface area contributed by atoms with Crippen molar-refractivity contribution in [1.82, 2.24) is 5.32 Å². The molecule has 1 N–H and O–H groups in total. The maximum atomic E-state index is 13.4. The minimum Gasteiger partial charge on any atom is -0.489 e. The Morgan fingerprint density at radius 1 is 1.15 bits per heavy atom. The molecule has 1 unspecified atom stereocenters. The monoisotopic (exact) mass is 484 g/mol. The van der Waals surface area contributed by atoms with Gasteiger partial charge in [0.2, 0.25) is 5.91 Å². The standard InChI is InChI=1S/C20H16F8N2O3/c1-4-12(33-20(26,27)28)6-5-11(2)17(31)30-18(3,9-29)10-32-16-8-15(22)14(21)7-13(16)19(23,24)25/h4-8H,1,10H2,2-3H3,(H,30,31)/b11-5+,12-6+. The summed E-state index contributed by atoms with van der Waals surface area (Å²) >= 11 is 0. The molecule has 0 bridgehead atoms. The third-order valence-corrected chi connectivity index (χ3v) is 3.77. The van der Waals surface area contributed by atoms with Gasteiger partial charge in [-0.1, -0.05) is 12.7 Å². The molecule has 0 spiro atoms. The van der Waals surface area contributed by atoms with Crippen LogP contribution in [-0.4, -0.2) is 24.4 Å². The maximum Gasteiger partial charge on any atom is 0.573 e. The summed E-state index contributed by atoms with van der Waals surface area (Å²) in [5, 5.41) is 11.4. The Bertz CT molecular complexity index is 1010. The number of hydrogen-bond donors (Lipinski definition) is 1. The number of carbonyl (C=O) groups excluding carboxylic acids is 1. The lowest BCUT2D eigenvalue weighted by molar-refractivity contribution is -0.303. The molecule has 0 fully saturated rings. The number of nitrogens with zero attached hydrogens (tertiary/aromatic N) is 1. The van der Waals surface area contributed by atoms with E-state index in [1.807, 2.05) is 0 Å². The molecule has 1 atom stereocenters. The Hall–Kier alpha value is -3.56. The van der Waals surface area contributed by atoms with Gasteiger partial charge < -0.3 is 14.8 Å². The second kappa shape index (κ2) is 10.4. The lowest BCUT2D eigenvalue weighted by Gasteiger charge is -2.24. The summed E-state index contributed by atoms with van der Waals surface area (Å²) in [5.74, 6) is -6.25. The third kappa shape index (κ3) is 8.47. The van der Waals surface area contributed by atoms with E-state index in [2.05, 4.69) is 16.6 Å². The number of nitriles is 1. The number of hydrogen-bond acceptors (Lipinski definition) is 4. The van der Waals surface area contributed by atoms with Crippen LogP contribution >= 0.6 is 0 Å². The van der Waals surface area contributed by atoms with Crippen molar-refractivity contribution < 1.29 is 49.4 Å². The lowest BCUT2D eigenvalue weighted by atomic mass is 10.0. The smallest absolute Gasteiger partial charge is 0.489 e. The first-order valence-corrected chi connectivity index (χ1v) is 8.71. The molecule has 0 aliphatic rings. The van der Waals surface area contributed by atoms with Crippen LogP contribution in [0.4, 0.5) is 35.1 Å². The van der Waals surface area contributed by atoms with Crippen LogP contribution in [0.25, 0.3) is 0 Å². The molecule has 1 rings (SSSR count). The summed E-state index contributed by atoms with van der Waals surface area (Å²) < 4.78 is 111. The van der Waals surface area contributed by atoms with E-state index in [1.54, 1.807) is 6.07 Å². The highest BCUT2D eigenvalue weighted by Crippen LogP contribution is 2.37. The highest BCUT2D eigenvalue weighted by molar-refractivity contribution is 5.93. The van der Waals surface area contributed by atoms with Crippen LogP contribution in [-0.2, 0) is 15.7 Å². The van der Waals surface area contributed by atoms with Crippen molar-refractivity contribution in [3.05, 3.63) is 65.5 Å². The van der Waals surface area contributed by atoms with Gasteiger partial charge in [0, 0.05) is 11.6 Å². The van der Waals surface area contributed by atoms with Gasteiger partial charge in [0.1, 0.15) is 23.7 Å². The van der Waals surface area contributed by atoms with Crippen LogP contribution in [0.2, 0.25) is 0 Å². The minimum absolute atomic E-state index is 0.119. The molecule has 33 heavy (non-hydrogen) atoms. The molecular formula is C20H16F8N2O3. The van der Waals surface area contributed by atoms with E-state index >= 15 is 0 Å². The summed E-state index contributed by atoms with van der Waals surface area (Å²) in [6.07, 6.45) is -7.71. The fraction of sp³-hybridized carbons (Fsp3) is 0.300. The summed E-state index contributed by atoms with van der Waals surface area (Å²) in [6.45, 7) is 4.42. The fourth-order valence-electron chi connectivity index (χ4n) is 2.10. The van der Waals surface area contributed by atoms with Crippen molar-refractivity contribution in [2.45, 2.75) is 31.9 Å². The lowest BCUT2D eigenvalue weighted by Crippen LogP contribution is -2.49. The molecule has 0 heterocycles. The maximum absolute atomic E-state index is 13.4. The van der Waals surface area contributed by atoms with Gasteiger partial charge in [0.25, 0.3) is 0 Å². The molecular weight excluding hydrogens is 468 g/mol. The summed E-state index contributed by atoms with van der Waals surface area (Å²) in [6, 6.07) is 1.61. The second-order valence-corrected chi connectivity index (χ2v) is 6.62. The number of amides is 1. The average molecular weight is 484 g/mol. The zero-order valence-electron chi connectivity index (χ0n) is 17.0. The van der Waals surface area contributed by atoms with E-state index in [0.717, 1.165) is 32.1 Å². The Morgan fingerprint density at radius 2 is 1.73 bits per heavy atom. The van der Waals surface area contributed by atoms with Crippen LogP contribution in [0.15, 0.2) is 48.3 Å². The molecule has 0 aliphatic heterocycles. The highest BCUT2D eigenvalue weighted by Gasteiger charge is 2.37. The predicted molar refractivity (Wildman–Crippen MR) is 98.2 cm³/mol. The van der Waals surface area contributed by atoms with Gasteiger partial charge in [-0.15, -0.1) is 13.2 Å². The first kappa shape index (κ1) is 27.5. The first-order valence-electron chi connectivity index (χ1n) is 8.71. The van der Waals surface area contributed by atoms with Crippen molar-refractivity contribution >= 4 is 5.91 Å². The van der Waals surface area contributed by atoms with E-state index in [1.165, 1.54) is 0 Å². The van der Waals surface area contributed by atoms with Gasteiger partial charge in [-0.25, -0.2) is 8.78 Å². The number of allylic oxidation sites excluding steroid dienone is 3. The van der Waals surface area contributed by atoms with Crippen molar-refractivity contribution in [2.24, 2.45) is 0 Å². The minimum atomic E-state index is -5.11. The average Bonchev–Trinajstić information content (AvgIpc) is 2.69. The molecule has 13 heteroatoms. The predicted octanol–water partition coefficient (Wildman–Crippen LogP) is 5.31. The van der Waals surface area contributed by atoms with Gasteiger partial charge in [-0.05, 0) is 32.1 Å².